The molecule has 3 saturated carbocycles. The maximum absolute atomic E-state index is 11.6. The first-order valence-corrected chi connectivity index (χ1v) is 7.92. The maximum Gasteiger partial charge on any atom is 0.237 e. The van der Waals surface area contributed by atoms with Gasteiger partial charge < -0.3 is 16.4 Å². The summed E-state index contributed by atoms with van der Waals surface area (Å²) in [4.78, 5) is 14.2. The molecule has 0 aromatic rings. The van der Waals surface area contributed by atoms with Gasteiger partial charge in [0.25, 0.3) is 0 Å². The first-order valence-electron chi connectivity index (χ1n) is 7.92. The van der Waals surface area contributed by atoms with Crippen LogP contribution in [-0.4, -0.2) is 35.5 Å². The number of carbonyl (C=O) groups excluding carboxylic acids is 1. The molecule has 108 valence electrons. The molecule has 4 nitrogen and oxygen atoms in total. The highest BCUT2D eigenvalue weighted by molar-refractivity contribution is 5.85. The van der Waals surface area contributed by atoms with Crippen molar-refractivity contribution in [2.24, 2.45) is 23.3 Å². The van der Waals surface area contributed by atoms with E-state index >= 15 is 0 Å². The summed E-state index contributed by atoms with van der Waals surface area (Å²) >= 11 is 0. The second kappa shape index (κ2) is 5.06. The average Bonchev–Trinajstić information content (AvgIpc) is 3.24. The lowest BCUT2D eigenvalue weighted by atomic mass is 9.85. The minimum absolute atomic E-state index is 0.296. The Morgan fingerprint density at radius 2 is 1.95 bits per heavy atom. The number of amides is 1. The average molecular weight is 265 g/mol. The molecule has 3 fully saturated rings. The third kappa shape index (κ3) is 2.95. The van der Waals surface area contributed by atoms with E-state index in [2.05, 4.69) is 4.90 Å². The van der Waals surface area contributed by atoms with Gasteiger partial charge in [0, 0.05) is 12.6 Å². The molecule has 0 radical (unpaired) electrons. The van der Waals surface area contributed by atoms with Gasteiger partial charge in [0.2, 0.25) is 5.91 Å². The van der Waals surface area contributed by atoms with Crippen LogP contribution >= 0.6 is 0 Å². The number of hydrogen-bond acceptors (Lipinski definition) is 3. The zero-order chi connectivity index (χ0) is 13.5. The fraction of sp³-hybridized carbons (Fsp3) is 0.933. The Hall–Kier alpha value is -0.610. The van der Waals surface area contributed by atoms with Crippen LogP contribution in [0.15, 0.2) is 0 Å². The summed E-state index contributed by atoms with van der Waals surface area (Å²) in [5.41, 5.74) is 11.0. The molecule has 4 N–H and O–H groups in total. The van der Waals surface area contributed by atoms with Crippen molar-refractivity contribution >= 4 is 5.91 Å². The van der Waals surface area contributed by atoms with Crippen LogP contribution in [0.1, 0.15) is 51.4 Å². The van der Waals surface area contributed by atoms with E-state index in [9.17, 15) is 4.79 Å². The summed E-state index contributed by atoms with van der Waals surface area (Å²) in [5, 5.41) is 0. The lowest BCUT2D eigenvalue weighted by molar-refractivity contribution is -0.124. The van der Waals surface area contributed by atoms with Crippen molar-refractivity contribution in [2.45, 2.75) is 62.9 Å². The van der Waals surface area contributed by atoms with E-state index in [4.69, 9.17) is 11.5 Å². The van der Waals surface area contributed by atoms with E-state index < -0.39 is 5.54 Å². The molecule has 3 aliphatic carbocycles. The number of carbonyl (C=O) groups is 1. The van der Waals surface area contributed by atoms with E-state index in [0.29, 0.717) is 5.92 Å². The molecule has 0 aromatic heterocycles. The smallest absolute Gasteiger partial charge is 0.237 e. The Labute approximate surface area is 115 Å². The van der Waals surface area contributed by atoms with Crippen LogP contribution in [0.5, 0.6) is 0 Å². The predicted molar refractivity (Wildman–Crippen MR) is 75.4 cm³/mol. The zero-order valence-corrected chi connectivity index (χ0v) is 11.8. The molecular weight excluding hydrogens is 238 g/mol. The van der Waals surface area contributed by atoms with Crippen LogP contribution in [0.3, 0.4) is 0 Å². The van der Waals surface area contributed by atoms with Crippen molar-refractivity contribution < 1.29 is 4.79 Å². The van der Waals surface area contributed by atoms with Gasteiger partial charge in [0.1, 0.15) is 0 Å². The molecule has 3 aliphatic rings. The van der Waals surface area contributed by atoms with Crippen molar-refractivity contribution in [3.8, 4) is 0 Å². The van der Waals surface area contributed by atoms with Gasteiger partial charge in [0.15, 0.2) is 0 Å². The largest absolute Gasteiger partial charge is 0.368 e. The minimum atomic E-state index is -0.727. The number of hydrogen-bond donors (Lipinski definition) is 2. The third-order valence-electron chi connectivity index (χ3n) is 5.35. The highest BCUT2D eigenvalue weighted by atomic mass is 16.1. The lowest BCUT2D eigenvalue weighted by Gasteiger charge is -2.30. The summed E-state index contributed by atoms with van der Waals surface area (Å²) in [6.07, 6.45) is 9.49. The van der Waals surface area contributed by atoms with Crippen LogP contribution in [0.4, 0.5) is 0 Å². The van der Waals surface area contributed by atoms with Crippen LogP contribution in [0, 0.1) is 11.8 Å². The first kappa shape index (κ1) is 13.4. The molecule has 1 amide bonds. The highest BCUT2D eigenvalue weighted by Gasteiger charge is 2.44. The van der Waals surface area contributed by atoms with E-state index in [-0.39, 0.29) is 5.91 Å². The van der Waals surface area contributed by atoms with Gasteiger partial charge in [-0.05, 0) is 63.3 Å². The number of rotatable bonds is 7. The van der Waals surface area contributed by atoms with Crippen molar-refractivity contribution in [3.05, 3.63) is 0 Å². The molecule has 0 bridgehead atoms. The molecule has 0 saturated heterocycles. The third-order valence-corrected chi connectivity index (χ3v) is 5.35. The second-order valence-electron chi connectivity index (χ2n) is 6.95. The van der Waals surface area contributed by atoms with Crippen molar-refractivity contribution in [2.75, 3.05) is 13.1 Å². The second-order valence-corrected chi connectivity index (χ2v) is 6.95. The molecule has 2 atom stereocenters. The van der Waals surface area contributed by atoms with Crippen LogP contribution in [0.25, 0.3) is 0 Å². The predicted octanol–water partition coefficient (Wildman–Crippen LogP) is 1.23. The fourth-order valence-electron chi connectivity index (χ4n) is 3.65. The normalized spacial score (nSPS) is 34.9. The molecular formula is C15H27N3O. The topological polar surface area (TPSA) is 72.3 Å². The Bertz CT molecular complexity index is 351. The van der Waals surface area contributed by atoms with Crippen molar-refractivity contribution in [1.82, 2.24) is 4.90 Å². The van der Waals surface area contributed by atoms with Gasteiger partial charge in [-0.25, -0.2) is 0 Å². The summed E-state index contributed by atoms with van der Waals surface area (Å²) < 4.78 is 0. The first-order chi connectivity index (χ1) is 9.09. The van der Waals surface area contributed by atoms with E-state index in [0.717, 1.165) is 44.2 Å². The van der Waals surface area contributed by atoms with Gasteiger partial charge in [-0.3, -0.25) is 4.79 Å². The zero-order valence-electron chi connectivity index (χ0n) is 11.8. The summed E-state index contributed by atoms with van der Waals surface area (Å²) in [6.45, 7) is 2.38. The molecule has 2 unspecified atom stereocenters. The van der Waals surface area contributed by atoms with Gasteiger partial charge >= 0.3 is 0 Å². The molecule has 3 rings (SSSR count). The van der Waals surface area contributed by atoms with Crippen LogP contribution in [-0.2, 0) is 4.79 Å². The standard InChI is InChI=1S/C15H27N3O/c16-14(19)15(17)8-1-2-12(15)7-9-18(13-5-6-13)10-11-3-4-11/h11-13H,1-10,17H2,(H2,16,19). The van der Waals surface area contributed by atoms with Crippen LogP contribution in [0.2, 0.25) is 0 Å². The van der Waals surface area contributed by atoms with Gasteiger partial charge in [0.05, 0.1) is 5.54 Å². The molecule has 19 heavy (non-hydrogen) atoms. The van der Waals surface area contributed by atoms with E-state index in [1.165, 1.54) is 32.2 Å². The number of nitrogens with zero attached hydrogens (tertiary/aromatic N) is 1. The Balaban J connectivity index is 1.53. The Morgan fingerprint density at radius 3 is 2.53 bits per heavy atom. The molecule has 0 heterocycles. The van der Waals surface area contributed by atoms with Crippen LogP contribution < -0.4 is 11.5 Å². The molecule has 0 aromatic carbocycles. The maximum atomic E-state index is 11.6. The van der Waals surface area contributed by atoms with E-state index in [1.807, 2.05) is 0 Å². The van der Waals surface area contributed by atoms with E-state index in [1.54, 1.807) is 0 Å². The summed E-state index contributed by atoms with van der Waals surface area (Å²) in [5.74, 6) is 0.948. The number of primary amides is 1. The summed E-state index contributed by atoms with van der Waals surface area (Å²) in [6, 6.07) is 0.822. The quantitative estimate of drug-likeness (QED) is 0.727. The van der Waals surface area contributed by atoms with Gasteiger partial charge in [-0.2, -0.15) is 0 Å². The lowest BCUT2D eigenvalue weighted by Crippen LogP contribution is -2.55. The van der Waals surface area contributed by atoms with Gasteiger partial charge in [-0.1, -0.05) is 6.42 Å². The van der Waals surface area contributed by atoms with Crippen molar-refractivity contribution in [1.29, 1.82) is 0 Å². The monoisotopic (exact) mass is 265 g/mol. The Morgan fingerprint density at radius 1 is 1.21 bits per heavy atom. The Kier molecular flexibility index (Phi) is 3.56. The molecule has 4 heteroatoms. The fourth-order valence-corrected chi connectivity index (χ4v) is 3.65. The highest BCUT2D eigenvalue weighted by Crippen LogP contribution is 2.38. The number of nitrogens with two attached hydrogens (primary N) is 2. The summed E-state index contributed by atoms with van der Waals surface area (Å²) in [7, 11) is 0. The van der Waals surface area contributed by atoms with Gasteiger partial charge in [-0.15, -0.1) is 0 Å². The van der Waals surface area contributed by atoms with Crippen molar-refractivity contribution in [3.63, 3.8) is 0 Å². The minimum Gasteiger partial charge on any atom is -0.368 e. The SMILES string of the molecule is NC(=O)C1(N)CCCC1CCN(CC1CC1)C1CC1. The molecule has 0 spiro atoms. The molecule has 0 aliphatic heterocycles.